The first-order chi connectivity index (χ1) is 49.7. The molecule has 4 amide bonds. The van der Waals surface area contributed by atoms with Crippen LogP contribution in [0, 0.1) is 17.8 Å². The van der Waals surface area contributed by atoms with Crippen LogP contribution < -0.4 is 30.3 Å². The number of carbonyl (C=O) groups excluding carboxylic acids is 4. The molecule has 0 bridgehead atoms. The number of sulfonamides is 1. The molecule has 5 aliphatic rings. The number of carbonyl (C=O) groups is 4. The molecule has 3 aliphatic heterocycles. The van der Waals surface area contributed by atoms with Crippen LogP contribution in [0.3, 0.4) is 0 Å². The highest BCUT2D eigenvalue weighted by Gasteiger charge is 2.54. The molecule has 5 aromatic carbocycles. The molecule has 0 spiro atoms. The van der Waals surface area contributed by atoms with Crippen LogP contribution in [-0.2, 0) is 40.8 Å². The zero-order chi connectivity index (χ0) is 75.2. The number of piperazine rings is 2. The van der Waals surface area contributed by atoms with Crippen LogP contribution in [0.15, 0.2) is 141 Å². The Bertz CT molecular complexity index is 4360. The van der Waals surface area contributed by atoms with Gasteiger partial charge >= 0.3 is 5.51 Å². The fourth-order valence-corrected chi connectivity index (χ4v) is 17.9. The number of thioether (sulfide) groups is 1. The Labute approximate surface area is 626 Å². The lowest BCUT2D eigenvalue weighted by atomic mass is 9.73. The lowest BCUT2D eigenvalue weighted by Crippen LogP contribution is -2.59. The maximum atomic E-state index is 14.8. The summed E-state index contributed by atoms with van der Waals surface area (Å²) in [6.45, 7) is 19.6. The normalized spacial score (nSPS) is 19.6. The number of hydrogen-bond acceptors (Lipinski definition) is 18. The zero-order valence-corrected chi connectivity index (χ0v) is 64.0. The quantitative estimate of drug-likeness (QED) is 0.0174. The summed E-state index contributed by atoms with van der Waals surface area (Å²) in [5.41, 5.74) is -0.0391. The van der Waals surface area contributed by atoms with Gasteiger partial charge in [-0.15, -0.1) is 23.1 Å². The highest BCUT2D eigenvalue weighted by molar-refractivity contribution is 7.99. The van der Waals surface area contributed by atoms with E-state index in [0.717, 1.165) is 77.7 Å². The summed E-state index contributed by atoms with van der Waals surface area (Å²) in [6, 6.07) is 29.0. The van der Waals surface area contributed by atoms with E-state index in [1.807, 2.05) is 72.3 Å². The number of nitrogens with zero attached hydrogens (tertiary/aromatic N) is 6. The predicted molar refractivity (Wildman–Crippen MR) is 402 cm³/mol. The van der Waals surface area contributed by atoms with E-state index in [2.05, 4.69) is 66.5 Å². The number of ether oxygens (including phenoxy) is 1. The number of nitrogens with one attached hydrogen (secondary N) is 4. The number of halogens is 5. The Balaban J connectivity index is 0.689. The molecule has 1 saturated carbocycles. The van der Waals surface area contributed by atoms with Gasteiger partial charge in [-0.3, -0.25) is 24.1 Å². The number of anilines is 2. The fourth-order valence-electron chi connectivity index (χ4n) is 13.9. The fraction of sp³-hybridized carbons (Fsp3) is 0.487. The Morgan fingerprint density at radius 3 is 2.13 bits per heavy atom. The summed E-state index contributed by atoms with van der Waals surface area (Å²) in [5.74, 6) is -2.21. The van der Waals surface area contributed by atoms with Crippen molar-refractivity contribution < 1.29 is 63.4 Å². The van der Waals surface area contributed by atoms with E-state index in [9.17, 15) is 58.7 Å². The molecular formula is C76H93ClF4N10O10S4. The molecule has 0 radical (unpaired) electrons. The summed E-state index contributed by atoms with van der Waals surface area (Å²) >= 11 is 9.13. The van der Waals surface area contributed by atoms with E-state index in [1.165, 1.54) is 56.8 Å². The Hall–Kier alpha value is -7.15. The Morgan fingerprint density at radius 1 is 0.819 bits per heavy atom. The summed E-state index contributed by atoms with van der Waals surface area (Å²) in [7, 11) is -11.1. The highest BCUT2D eigenvalue weighted by Crippen LogP contribution is 2.44. The average Bonchev–Trinajstić information content (AvgIpc) is 0.813. The van der Waals surface area contributed by atoms with Crippen LogP contribution in [-0.4, -0.2) is 196 Å². The molecule has 566 valence electrons. The van der Waals surface area contributed by atoms with E-state index in [-0.39, 0.29) is 43.3 Å². The molecule has 11 rings (SSSR count). The molecule has 4 atom stereocenters. The van der Waals surface area contributed by atoms with Crippen LogP contribution >= 0.6 is 34.7 Å². The number of hydrogen-bond donors (Lipinski definition) is 5. The number of β-amino-alcohol motifs (C(OH)–C–C–N with tert-alkyl or cyclic N) is 1. The Kier molecular flexibility index (Phi) is 24.9. The largest absolute Gasteiger partial charge is 0.501 e. The minimum Gasteiger partial charge on any atom is -0.493 e. The summed E-state index contributed by atoms with van der Waals surface area (Å²) in [5, 5.41) is 20.1. The van der Waals surface area contributed by atoms with E-state index >= 15 is 0 Å². The van der Waals surface area contributed by atoms with E-state index < -0.39 is 99.8 Å². The van der Waals surface area contributed by atoms with Crippen molar-refractivity contribution in [3.63, 3.8) is 0 Å². The molecule has 5 N–H and O–H groups in total. The first-order valence-electron chi connectivity index (χ1n) is 35.6. The van der Waals surface area contributed by atoms with Gasteiger partial charge in [0.2, 0.25) is 11.8 Å². The van der Waals surface area contributed by atoms with Gasteiger partial charge in [-0.1, -0.05) is 94.3 Å². The zero-order valence-electron chi connectivity index (χ0n) is 59.9. The third-order valence-electron chi connectivity index (χ3n) is 20.3. The SMILES string of the molecule is Cc1ncsc1-c1ccc(CNC(=O)C2CC(O)CN2C(=O)[C@@H](NC(=O)C2(F)CC2)C(C)(C)C)c(OCCCN2CCN(CC[C@H](CSc3ccccc3)Nc3ccc(S(=O)(=O)NC(=O)c4ccc(N5CCN(CC6=C(c7ccc(Cl)cc7)CCC(C)(C)C6)CC5)cc4)cc3S(=O)(=O)C(F)(F)F)CC2)c1. The van der Waals surface area contributed by atoms with Gasteiger partial charge in [-0.2, -0.15) is 13.2 Å². The molecule has 6 aromatic rings. The summed E-state index contributed by atoms with van der Waals surface area (Å²) < 4.78 is 122. The lowest BCUT2D eigenvalue weighted by Gasteiger charge is -2.39. The van der Waals surface area contributed by atoms with Crippen molar-refractivity contribution in [1.82, 2.24) is 39.9 Å². The topological polar surface area (TPSA) is 243 Å². The van der Waals surface area contributed by atoms with Crippen molar-refractivity contribution in [2.24, 2.45) is 10.8 Å². The molecule has 4 fully saturated rings. The number of aryl methyl sites for hydroxylation is 1. The number of likely N-dealkylation sites (tertiary alicyclic amines) is 1. The second-order valence-corrected chi connectivity index (χ2v) is 35.8. The summed E-state index contributed by atoms with van der Waals surface area (Å²) in [4.78, 5) is 69.1. The van der Waals surface area contributed by atoms with Gasteiger partial charge in [0.05, 0.1) is 39.4 Å². The first-order valence-corrected chi connectivity index (χ1v) is 40.8. The second kappa shape index (κ2) is 33.1. The molecule has 3 saturated heterocycles. The number of rotatable bonds is 28. The van der Waals surface area contributed by atoms with Crippen LogP contribution in [0.4, 0.5) is 28.9 Å². The molecule has 1 aromatic heterocycles. The smallest absolute Gasteiger partial charge is 0.493 e. The first kappa shape index (κ1) is 78.9. The van der Waals surface area contributed by atoms with Crippen LogP contribution in [0.2, 0.25) is 5.02 Å². The monoisotopic (exact) mass is 1540 g/mol. The minimum absolute atomic E-state index is 0.0212. The maximum absolute atomic E-state index is 14.8. The Morgan fingerprint density at radius 2 is 1.49 bits per heavy atom. The van der Waals surface area contributed by atoms with Gasteiger partial charge in [0.25, 0.3) is 31.7 Å². The lowest BCUT2D eigenvalue weighted by molar-refractivity contribution is -0.145. The molecular weight excluding hydrogens is 1450 g/mol. The van der Waals surface area contributed by atoms with Gasteiger partial charge in [-0.25, -0.2) is 30.9 Å². The van der Waals surface area contributed by atoms with Crippen LogP contribution in [0.25, 0.3) is 16.0 Å². The van der Waals surface area contributed by atoms with Crippen LogP contribution in [0.1, 0.15) is 113 Å². The van der Waals surface area contributed by atoms with Gasteiger partial charge in [-0.05, 0) is 152 Å². The third-order valence-corrected chi connectivity index (χ3v) is 25.6. The molecule has 29 heteroatoms. The maximum Gasteiger partial charge on any atom is 0.501 e. The predicted octanol–water partition coefficient (Wildman–Crippen LogP) is 11.6. The number of benzene rings is 5. The van der Waals surface area contributed by atoms with Crippen molar-refractivity contribution in [3.8, 4) is 16.2 Å². The highest BCUT2D eigenvalue weighted by atomic mass is 35.5. The third kappa shape index (κ3) is 20.0. The number of allylic oxidation sites excluding steroid dienone is 1. The van der Waals surface area contributed by atoms with E-state index in [4.69, 9.17) is 16.3 Å². The number of aromatic nitrogens is 1. The van der Waals surface area contributed by atoms with E-state index in [0.29, 0.717) is 100.0 Å². The number of alkyl halides is 4. The van der Waals surface area contributed by atoms with Crippen molar-refractivity contribution in [1.29, 1.82) is 0 Å². The van der Waals surface area contributed by atoms with Gasteiger partial charge < -0.3 is 45.4 Å². The number of amides is 4. The minimum atomic E-state index is -6.17. The average molecular weight is 1550 g/mol. The van der Waals surface area contributed by atoms with Gasteiger partial charge in [0.1, 0.15) is 22.7 Å². The summed E-state index contributed by atoms with van der Waals surface area (Å²) in [6.07, 6.45) is 3.16. The van der Waals surface area contributed by atoms with Crippen LogP contribution in [0.5, 0.6) is 5.75 Å². The molecule has 105 heavy (non-hydrogen) atoms. The van der Waals surface area contributed by atoms with Crippen molar-refractivity contribution in [2.45, 2.75) is 150 Å². The number of aliphatic hydroxyl groups is 1. The molecule has 20 nitrogen and oxygen atoms in total. The van der Waals surface area contributed by atoms with Crippen molar-refractivity contribution in [2.75, 3.05) is 101 Å². The molecule has 2 aliphatic carbocycles. The number of aliphatic hydroxyl groups excluding tert-OH is 1. The van der Waals surface area contributed by atoms with E-state index in [1.54, 1.807) is 38.4 Å². The second-order valence-electron chi connectivity index (χ2n) is 29.9. The number of thiazole rings is 1. The van der Waals surface area contributed by atoms with Gasteiger partial charge in [0.15, 0.2) is 5.67 Å². The number of sulfone groups is 1. The van der Waals surface area contributed by atoms with Gasteiger partial charge in [0, 0.05) is 130 Å². The van der Waals surface area contributed by atoms with Crippen molar-refractivity contribution in [3.05, 3.63) is 154 Å². The molecule has 2 unspecified atom stereocenters. The molecule has 4 heterocycles. The van der Waals surface area contributed by atoms with Crippen molar-refractivity contribution >= 4 is 95.1 Å². The standard InChI is InChI=1S/C76H93ClF4N10O10S4/c1-50-67(103-49-83-50)53-13-14-54(45-82-70(94)64-42-59(92)47-91(64)71(95)68(73(2,3)4)85-72(96)75(78)28-29-75)65(41-53)101-40-10-30-87-32-34-88(35-33-87)31-26-57(48-102-60-11-8-7-9-12-60)84-63-24-23-61(43-66(63)104(97,98)76(79,80)81)105(99,100)86-69(93)52-17-21-58(22-18-52)90-38-36-89(37-39-90)46-55-44-74(5,6)27-25-62(55)51-15-19-56(77)20-16-51/h7-9,11-24,41,43,49,57,59,64,68,84,92H,10,25-40,42,44-48H2,1-6H3,(H,82,94)(H,85,96)(H,86,93)/t57-,59?,64?,68-/m1/s1.